The van der Waals surface area contributed by atoms with Crippen molar-refractivity contribution in [3.8, 4) is 0 Å². The number of hydrogen-bond donors (Lipinski definition) is 2. The summed E-state index contributed by atoms with van der Waals surface area (Å²) >= 11 is 0. The molecule has 27 heavy (non-hydrogen) atoms. The largest absolute Gasteiger partial charge is 0.370 e. The number of rotatable bonds is 3. The van der Waals surface area contributed by atoms with Crippen molar-refractivity contribution < 1.29 is 13.9 Å². The summed E-state index contributed by atoms with van der Waals surface area (Å²) in [6, 6.07) is 3.96. The zero-order chi connectivity index (χ0) is 19.2. The predicted octanol–water partition coefficient (Wildman–Crippen LogP) is 3.88. The number of aliphatic hydroxyl groups is 1. The summed E-state index contributed by atoms with van der Waals surface area (Å²) < 4.78 is 28.7. The van der Waals surface area contributed by atoms with Crippen LogP contribution >= 0.6 is 0 Å². The predicted molar refractivity (Wildman–Crippen MR) is 102 cm³/mol. The van der Waals surface area contributed by atoms with Crippen LogP contribution in [0.1, 0.15) is 38.2 Å². The van der Waals surface area contributed by atoms with Crippen LogP contribution in [0.15, 0.2) is 42.4 Å². The maximum atomic E-state index is 13.4. The van der Waals surface area contributed by atoms with Gasteiger partial charge in [0.1, 0.15) is 17.7 Å². The molecule has 2 N–H and O–H groups in total. The number of anilines is 1. The van der Waals surface area contributed by atoms with E-state index in [2.05, 4.69) is 10.3 Å². The summed E-state index contributed by atoms with van der Waals surface area (Å²) in [5, 5.41) is 13.4. The van der Waals surface area contributed by atoms with Gasteiger partial charge in [-0.05, 0) is 54.7 Å². The van der Waals surface area contributed by atoms with Crippen LogP contribution in [0, 0.1) is 0 Å². The number of fused-ring (bicyclic) bond motifs is 1. The van der Waals surface area contributed by atoms with Crippen molar-refractivity contribution in [3.05, 3.63) is 47.9 Å². The second kappa shape index (κ2) is 6.64. The fourth-order valence-corrected chi connectivity index (χ4v) is 3.78. The van der Waals surface area contributed by atoms with E-state index < -0.39 is 12.2 Å². The van der Waals surface area contributed by atoms with Crippen LogP contribution in [0.3, 0.4) is 0 Å². The summed E-state index contributed by atoms with van der Waals surface area (Å²) in [5.41, 5.74) is 3.67. The SMILES string of the molecule is CC1=CC(c2ccc3ncc(NC4CCC(F)(F)CC4)n3c2)=CN(C)C1O. The molecule has 1 aliphatic heterocycles. The van der Waals surface area contributed by atoms with Crippen LogP contribution in [-0.4, -0.2) is 44.6 Å². The summed E-state index contributed by atoms with van der Waals surface area (Å²) in [6.45, 7) is 1.90. The van der Waals surface area contributed by atoms with Crippen LogP contribution < -0.4 is 5.32 Å². The fourth-order valence-electron chi connectivity index (χ4n) is 3.78. The molecule has 1 aliphatic carbocycles. The maximum absolute atomic E-state index is 13.4. The molecule has 0 saturated heterocycles. The Morgan fingerprint density at radius 3 is 2.70 bits per heavy atom. The Hall–Kier alpha value is -2.41. The van der Waals surface area contributed by atoms with Gasteiger partial charge in [-0.3, -0.25) is 4.40 Å². The highest BCUT2D eigenvalue weighted by Crippen LogP contribution is 2.34. The van der Waals surface area contributed by atoms with Crippen molar-refractivity contribution in [1.82, 2.24) is 14.3 Å². The Bertz CT molecular complexity index is 908. The highest BCUT2D eigenvalue weighted by molar-refractivity contribution is 5.76. The fraction of sp³-hybridized carbons (Fsp3) is 0.450. The number of imidazole rings is 1. The Kier molecular flexibility index (Phi) is 4.42. The quantitative estimate of drug-likeness (QED) is 0.856. The molecule has 0 amide bonds. The van der Waals surface area contributed by atoms with Crippen LogP contribution in [0.25, 0.3) is 11.2 Å². The van der Waals surface area contributed by atoms with Gasteiger partial charge >= 0.3 is 0 Å². The van der Waals surface area contributed by atoms with Crippen molar-refractivity contribution in [3.63, 3.8) is 0 Å². The molecule has 2 aromatic rings. The van der Waals surface area contributed by atoms with Crippen LogP contribution in [0.2, 0.25) is 0 Å². The summed E-state index contributed by atoms with van der Waals surface area (Å²) in [6.07, 6.45) is 7.78. The van der Waals surface area contributed by atoms with E-state index in [0.29, 0.717) is 12.8 Å². The third-order valence-electron chi connectivity index (χ3n) is 5.43. The van der Waals surface area contributed by atoms with Gasteiger partial charge in [-0.15, -0.1) is 0 Å². The van der Waals surface area contributed by atoms with E-state index in [9.17, 15) is 13.9 Å². The highest BCUT2D eigenvalue weighted by atomic mass is 19.3. The van der Waals surface area contributed by atoms with Gasteiger partial charge in [-0.2, -0.15) is 0 Å². The lowest BCUT2D eigenvalue weighted by molar-refractivity contribution is -0.0361. The number of allylic oxidation sites excluding steroid dienone is 2. The van der Waals surface area contributed by atoms with E-state index in [0.717, 1.165) is 28.2 Å². The van der Waals surface area contributed by atoms with Gasteiger partial charge in [0.2, 0.25) is 5.92 Å². The molecule has 4 rings (SSSR count). The summed E-state index contributed by atoms with van der Waals surface area (Å²) in [4.78, 5) is 6.18. The average Bonchev–Trinajstić information content (AvgIpc) is 3.03. The lowest BCUT2D eigenvalue weighted by Crippen LogP contribution is -2.32. The van der Waals surface area contributed by atoms with Gasteiger partial charge < -0.3 is 15.3 Å². The van der Waals surface area contributed by atoms with E-state index in [1.54, 1.807) is 11.1 Å². The molecule has 0 spiro atoms. The number of alkyl halides is 2. The normalized spacial score (nSPS) is 23.3. The minimum Gasteiger partial charge on any atom is -0.370 e. The molecule has 1 saturated carbocycles. The molecule has 2 aromatic heterocycles. The second-order valence-electron chi connectivity index (χ2n) is 7.58. The first-order chi connectivity index (χ1) is 12.8. The van der Waals surface area contributed by atoms with Crippen LogP contribution in [-0.2, 0) is 0 Å². The first kappa shape index (κ1) is 18.0. The zero-order valence-corrected chi connectivity index (χ0v) is 15.5. The number of hydrogen-bond acceptors (Lipinski definition) is 4. The average molecular weight is 374 g/mol. The molecule has 2 aliphatic rings. The summed E-state index contributed by atoms with van der Waals surface area (Å²) in [5.74, 6) is -1.72. The van der Waals surface area contributed by atoms with Gasteiger partial charge in [0.15, 0.2) is 0 Å². The van der Waals surface area contributed by atoms with E-state index in [1.165, 1.54) is 0 Å². The standard InChI is InChI=1S/C20H24F2N4O/c1-13-9-15(11-25(2)19(13)27)14-3-4-17-23-10-18(26(17)12-14)24-16-5-7-20(21,22)8-6-16/h3-4,9-12,16,19,24,27H,5-8H2,1-2H3. The number of nitrogens with one attached hydrogen (secondary N) is 1. The lowest BCUT2D eigenvalue weighted by Gasteiger charge is -2.29. The molecule has 0 bridgehead atoms. The molecule has 7 heteroatoms. The van der Waals surface area contributed by atoms with Crippen molar-refractivity contribution >= 4 is 17.0 Å². The number of likely N-dealkylation sites (N-methyl/N-ethyl adjacent to an activating group) is 1. The summed E-state index contributed by atoms with van der Waals surface area (Å²) in [7, 11) is 1.84. The van der Waals surface area contributed by atoms with Gasteiger partial charge in [0.05, 0.1) is 6.20 Å². The number of halogens is 2. The Morgan fingerprint density at radius 1 is 1.26 bits per heavy atom. The van der Waals surface area contributed by atoms with Crippen molar-refractivity contribution in [2.45, 2.75) is 50.8 Å². The number of nitrogens with zero attached hydrogens (tertiary/aromatic N) is 3. The molecule has 5 nitrogen and oxygen atoms in total. The Labute approximate surface area is 157 Å². The smallest absolute Gasteiger partial charge is 0.248 e. The first-order valence-electron chi connectivity index (χ1n) is 9.24. The second-order valence-corrected chi connectivity index (χ2v) is 7.58. The lowest BCUT2D eigenvalue weighted by atomic mass is 9.92. The third-order valence-corrected chi connectivity index (χ3v) is 5.43. The topological polar surface area (TPSA) is 52.8 Å². The first-order valence-corrected chi connectivity index (χ1v) is 9.24. The van der Waals surface area contributed by atoms with Crippen LogP contribution in [0.5, 0.6) is 0 Å². The van der Waals surface area contributed by atoms with Gasteiger partial charge in [-0.25, -0.2) is 13.8 Å². The minimum atomic E-state index is -2.53. The monoisotopic (exact) mass is 374 g/mol. The van der Waals surface area contributed by atoms with E-state index >= 15 is 0 Å². The number of aliphatic hydroxyl groups excluding tert-OH is 1. The van der Waals surface area contributed by atoms with E-state index in [1.807, 2.05) is 49.0 Å². The maximum Gasteiger partial charge on any atom is 0.248 e. The zero-order valence-electron chi connectivity index (χ0n) is 15.5. The Morgan fingerprint density at radius 2 is 2.00 bits per heavy atom. The number of pyridine rings is 1. The van der Waals surface area contributed by atoms with Crippen LogP contribution in [0.4, 0.5) is 14.6 Å². The molecule has 144 valence electrons. The molecule has 1 atom stereocenters. The molecule has 3 heterocycles. The minimum absolute atomic E-state index is 0.0329. The van der Waals surface area contributed by atoms with Crippen molar-refractivity contribution in [2.75, 3.05) is 12.4 Å². The molecule has 1 fully saturated rings. The van der Waals surface area contributed by atoms with Gasteiger partial charge in [0, 0.05) is 38.3 Å². The van der Waals surface area contributed by atoms with Gasteiger partial charge in [-0.1, -0.05) is 0 Å². The molecule has 1 unspecified atom stereocenters. The molecular formula is C20H24F2N4O. The third kappa shape index (κ3) is 3.56. The highest BCUT2D eigenvalue weighted by Gasteiger charge is 2.35. The van der Waals surface area contributed by atoms with Crippen molar-refractivity contribution in [1.29, 1.82) is 0 Å². The molecule has 0 aromatic carbocycles. The molecule has 0 radical (unpaired) electrons. The van der Waals surface area contributed by atoms with E-state index in [-0.39, 0.29) is 18.9 Å². The van der Waals surface area contributed by atoms with E-state index in [4.69, 9.17) is 0 Å². The van der Waals surface area contributed by atoms with Crippen molar-refractivity contribution in [2.24, 2.45) is 0 Å². The Balaban J connectivity index is 1.60. The number of aromatic nitrogens is 2. The van der Waals surface area contributed by atoms with Gasteiger partial charge in [0.25, 0.3) is 0 Å². The molecular weight excluding hydrogens is 350 g/mol.